The number of ether oxygens (including phenoxy) is 1. The van der Waals surface area contributed by atoms with Crippen LogP contribution in [0.15, 0.2) is 24.3 Å². The third-order valence-electron chi connectivity index (χ3n) is 1.66. The molecule has 0 atom stereocenters. The fourth-order valence-corrected chi connectivity index (χ4v) is 0.912. The van der Waals surface area contributed by atoms with Gasteiger partial charge in [0.1, 0.15) is 12.5 Å². The highest BCUT2D eigenvalue weighted by atomic mass is 16.8. The second-order valence-corrected chi connectivity index (χ2v) is 2.68. The van der Waals surface area contributed by atoms with E-state index in [0.717, 1.165) is 6.54 Å². The Morgan fingerprint density at radius 2 is 1.93 bits per heavy atom. The zero-order chi connectivity index (χ0) is 10.4. The molecule has 0 spiro atoms. The molecule has 0 saturated heterocycles. The topological polar surface area (TPSA) is 65.0 Å². The van der Waals surface area contributed by atoms with Crippen molar-refractivity contribution in [1.82, 2.24) is 5.32 Å². The molecule has 0 aliphatic heterocycles. The van der Waals surface area contributed by atoms with Gasteiger partial charge in [-0.25, -0.2) is 0 Å². The summed E-state index contributed by atoms with van der Waals surface area (Å²) in [4.78, 5) is 0. The highest BCUT2D eigenvalue weighted by Crippen LogP contribution is 2.16. The van der Waals surface area contributed by atoms with Gasteiger partial charge in [0.2, 0.25) is 0 Å². The lowest BCUT2D eigenvalue weighted by atomic mass is 10.3. The predicted molar refractivity (Wildman–Crippen MR) is 51.7 cm³/mol. The predicted octanol–water partition coefficient (Wildman–Crippen LogP) is 1.22. The Kier molecular flexibility index (Phi) is 4.18. The Balaban J connectivity index is 2.47. The third kappa shape index (κ3) is 3.21. The molecule has 5 heteroatoms. The van der Waals surface area contributed by atoms with Crippen LogP contribution in [-0.4, -0.2) is 23.7 Å². The molecule has 0 aliphatic rings. The van der Waals surface area contributed by atoms with Crippen molar-refractivity contribution in [2.75, 3.05) is 18.5 Å². The van der Waals surface area contributed by atoms with Crippen LogP contribution in [0.4, 0.5) is 5.69 Å². The Morgan fingerprint density at radius 1 is 1.29 bits per heavy atom. The van der Waals surface area contributed by atoms with E-state index in [-0.39, 0.29) is 5.23 Å². The van der Waals surface area contributed by atoms with E-state index in [1.165, 1.54) is 0 Å². The van der Waals surface area contributed by atoms with E-state index in [9.17, 15) is 0 Å². The molecule has 1 aromatic carbocycles. The van der Waals surface area contributed by atoms with Crippen molar-refractivity contribution in [3.05, 3.63) is 24.3 Å². The van der Waals surface area contributed by atoms with Gasteiger partial charge in [-0.3, -0.25) is 15.7 Å². The lowest BCUT2D eigenvalue weighted by Crippen LogP contribution is -2.19. The molecule has 0 saturated carbocycles. The van der Waals surface area contributed by atoms with Crippen LogP contribution in [-0.2, 0) is 0 Å². The Labute approximate surface area is 82.4 Å². The first-order valence-corrected chi connectivity index (χ1v) is 4.35. The minimum Gasteiger partial charge on any atom is -0.478 e. The monoisotopic (exact) mass is 198 g/mol. The molecular formula is C9H14N2O3. The van der Waals surface area contributed by atoms with Crippen molar-refractivity contribution < 1.29 is 15.2 Å². The van der Waals surface area contributed by atoms with Crippen molar-refractivity contribution in [1.29, 1.82) is 0 Å². The molecule has 0 bridgehead atoms. The molecule has 1 rings (SSSR count). The summed E-state index contributed by atoms with van der Waals surface area (Å²) in [5, 5.41) is 20.4. The number of hydrogen-bond acceptors (Lipinski definition) is 5. The number of nitrogens with zero attached hydrogens (tertiary/aromatic N) is 1. The summed E-state index contributed by atoms with van der Waals surface area (Å²) < 4.78 is 5.29. The Bertz CT molecular complexity index is 261. The molecule has 0 amide bonds. The van der Waals surface area contributed by atoms with Crippen molar-refractivity contribution in [3.8, 4) is 5.75 Å². The van der Waals surface area contributed by atoms with Crippen molar-refractivity contribution >= 4 is 5.69 Å². The van der Waals surface area contributed by atoms with E-state index in [2.05, 4.69) is 5.32 Å². The molecule has 0 fully saturated rings. The molecule has 14 heavy (non-hydrogen) atoms. The molecule has 3 N–H and O–H groups in total. The van der Waals surface area contributed by atoms with Gasteiger partial charge < -0.3 is 4.74 Å². The molecular weight excluding hydrogens is 184 g/mol. The van der Waals surface area contributed by atoms with E-state index < -0.39 is 0 Å². The van der Waals surface area contributed by atoms with Crippen molar-refractivity contribution in [2.45, 2.75) is 6.92 Å². The maximum absolute atomic E-state index is 8.66. The van der Waals surface area contributed by atoms with Crippen molar-refractivity contribution in [3.63, 3.8) is 0 Å². The van der Waals surface area contributed by atoms with Crippen LogP contribution < -0.4 is 15.3 Å². The quantitative estimate of drug-likeness (QED) is 0.377. The lowest BCUT2D eigenvalue weighted by molar-refractivity contribution is 0.0291. The zero-order valence-corrected chi connectivity index (χ0v) is 7.97. The summed E-state index contributed by atoms with van der Waals surface area (Å²) in [5.41, 5.74) is 0.292. The van der Waals surface area contributed by atoms with Crippen LogP contribution in [0.3, 0.4) is 0 Å². The van der Waals surface area contributed by atoms with Crippen molar-refractivity contribution in [2.24, 2.45) is 0 Å². The van der Waals surface area contributed by atoms with Crippen LogP contribution in [0.2, 0.25) is 0 Å². The number of nitrogens with one attached hydrogen (secondary N) is 1. The average molecular weight is 198 g/mol. The molecule has 78 valence electrons. The normalized spacial score (nSPS) is 9.93. The Hall–Kier alpha value is -1.30. The standard InChI is InChI=1S/C9H14N2O3/c1-2-10-7-14-9-5-3-8(4-6-9)11(12)13/h3-6,10,12-13H,2,7H2,1H3. The van der Waals surface area contributed by atoms with Crippen LogP contribution in [0.5, 0.6) is 5.75 Å². The van der Waals surface area contributed by atoms with Gasteiger partial charge in [0.25, 0.3) is 0 Å². The van der Waals surface area contributed by atoms with E-state index in [4.69, 9.17) is 15.2 Å². The fourth-order valence-electron chi connectivity index (χ4n) is 0.912. The Morgan fingerprint density at radius 3 is 2.43 bits per heavy atom. The van der Waals surface area contributed by atoms with Gasteiger partial charge in [-0.1, -0.05) is 6.92 Å². The maximum Gasteiger partial charge on any atom is 0.139 e. The van der Waals surface area contributed by atoms with Gasteiger partial charge in [-0.2, -0.15) is 0 Å². The maximum atomic E-state index is 8.66. The molecule has 0 aromatic heterocycles. The first-order valence-electron chi connectivity index (χ1n) is 4.35. The van der Waals surface area contributed by atoms with E-state index in [1.807, 2.05) is 6.92 Å². The van der Waals surface area contributed by atoms with Crippen LogP contribution in [0, 0.1) is 0 Å². The molecule has 5 nitrogen and oxygen atoms in total. The van der Waals surface area contributed by atoms with Crippen LogP contribution in [0.1, 0.15) is 6.92 Å². The molecule has 0 radical (unpaired) electrons. The largest absolute Gasteiger partial charge is 0.478 e. The summed E-state index contributed by atoms with van der Waals surface area (Å²) in [6, 6.07) is 6.40. The number of benzene rings is 1. The molecule has 0 unspecified atom stereocenters. The van der Waals surface area contributed by atoms with Gasteiger partial charge >= 0.3 is 0 Å². The molecule has 0 heterocycles. The van der Waals surface area contributed by atoms with Crippen LogP contribution in [0.25, 0.3) is 0 Å². The first-order chi connectivity index (χ1) is 6.74. The average Bonchev–Trinajstić information content (AvgIpc) is 2.19. The van der Waals surface area contributed by atoms with Gasteiger partial charge in [0.05, 0.1) is 5.69 Å². The van der Waals surface area contributed by atoms with E-state index in [1.54, 1.807) is 24.3 Å². The second kappa shape index (κ2) is 5.43. The SMILES string of the molecule is CCNCOc1ccc(N(O)O)cc1. The number of rotatable bonds is 5. The second-order valence-electron chi connectivity index (χ2n) is 2.68. The minimum atomic E-state index is 0.0636. The van der Waals surface area contributed by atoms with E-state index in [0.29, 0.717) is 18.2 Å². The van der Waals surface area contributed by atoms with Gasteiger partial charge in [-0.15, -0.1) is 5.23 Å². The summed E-state index contributed by atoms with van der Waals surface area (Å²) in [5.74, 6) is 0.677. The van der Waals surface area contributed by atoms with Crippen LogP contribution >= 0.6 is 0 Å². The third-order valence-corrected chi connectivity index (χ3v) is 1.66. The highest BCUT2D eigenvalue weighted by molar-refractivity contribution is 5.44. The smallest absolute Gasteiger partial charge is 0.139 e. The number of hydrogen-bond donors (Lipinski definition) is 3. The zero-order valence-electron chi connectivity index (χ0n) is 7.97. The summed E-state index contributed by atoms with van der Waals surface area (Å²) >= 11 is 0. The number of anilines is 1. The lowest BCUT2D eigenvalue weighted by Gasteiger charge is -2.09. The van der Waals surface area contributed by atoms with Gasteiger partial charge in [0.15, 0.2) is 0 Å². The van der Waals surface area contributed by atoms with Gasteiger partial charge in [0, 0.05) is 0 Å². The first kappa shape index (κ1) is 10.8. The van der Waals surface area contributed by atoms with E-state index >= 15 is 0 Å². The van der Waals surface area contributed by atoms with Gasteiger partial charge in [-0.05, 0) is 30.8 Å². The fraction of sp³-hybridized carbons (Fsp3) is 0.333. The highest BCUT2D eigenvalue weighted by Gasteiger charge is 1.98. The molecule has 1 aromatic rings. The summed E-state index contributed by atoms with van der Waals surface area (Å²) in [6.07, 6.45) is 0. The summed E-state index contributed by atoms with van der Waals surface area (Å²) in [6.45, 7) is 3.28. The molecule has 0 aliphatic carbocycles. The minimum absolute atomic E-state index is 0.0636. The summed E-state index contributed by atoms with van der Waals surface area (Å²) in [7, 11) is 0.